The van der Waals surface area contributed by atoms with E-state index in [4.69, 9.17) is 5.73 Å². The number of nitrogens with one attached hydrogen (secondary N) is 2. The molecule has 1 saturated heterocycles. The van der Waals surface area contributed by atoms with E-state index in [-0.39, 0.29) is 27.9 Å². The molecule has 0 aliphatic carbocycles. The average Bonchev–Trinajstić information content (AvgIpc) is 3.53. The summed E-state index contributed by atoms with van der Waals surface area (Å²) < 4.78 is 38.3. The van der Waals surface area contributed by atoms with Gasteiger partial charge in [-0.3, -0.25) is 10.1 Å². The van der Waals surface area contributed by atoms with E-state index in [1.54, 1.807) is 19.2 Å². The summed E-state index contributed by atoms with van der Waals surface area (Å²) in [7, 11) is 0. The number of alkyl halides is 3. The van der Waals surface area contributed by atoms with Gasteiger partial charge in [-0.05, 0) is 43.7 Å². The molecule has 0 saturated carbocycles. The maximum atomic E-state index is 12.8. The molecule has 4 N–H and O–H groups in total. The number of hydrogen-bond donors (Lipinski definition) is 3. The third-order valence-corrected chi connectivity index (χ3v) is 6.15. The third-order valence-electron chi connectivity index (χ3n) is 5.27. The maximum absolute atomic E-state index is 12.8. The average molecular weight is 518 g/mol. The second-order valence-corrected chi connectivity index (χ2v) is 8.81. The summed E-state index contributed by atoms with van der Waals surface area (Å²) in [6.07, 6.45) is 0.543. The molecule has 0 bridgehead atoms. The van der Waals surface area contributed by atoms with Gasteiger partial charge in [0.1, 0.15) is 5.69 Å². The number of carbonyl (C=O) groups excluding carboxylic acids is 1. The van der Waals surface area contributed by atoms with Gasteiger partial charge in [-0.25, -0.2) is 15.0 Å². The lowest BCUT2D eigenvalue weighted by Gasteiger charge is -2.17. The second kappa shape index (κ2) is 10.3. The number of nitrogens with two attached hydrogens (primary N) is 1. The monoisotopic (exact) mass is 517 g/mol. The number of rotatable bonds is 7. The van der Waals surface area contributed by atoms with Crippen molar-refractivity contribution in [3.8, 4) is 0 Å². The molecule has 4 rings (SSSR count). The normalized spacial score (nSPS) is 14.1. The zero-order chi connectivity index (χ0) is 25.9. The van der Waals surface area contributed by atoms with E-state index in [0.29, 0.717) is 23.0 Å². The molecule has 14 heteroatoms. The second-order valence-electron chi connectivity index (χ2n) is 7.84. The molecule has 188 valence electrons. The van der Waals surface area contributed by atoms with Crippen LogP contribution in [0.25, 0.3) is 0 Å². The highest BCUT2D eigenvalue weighted by atomic mass is 32.1. The third kappa shape index (κ3) is 5.59. The summed E-state index contributed by atoms with van der Waals surface area (Å²) in [5.74, 6) is -0.0422. The van der Waals surface area contributed by atoms with Gasteiger partial charge in [-0.2, -0.15) is 13.2 Å². The summed E-state index contributed by atoms with van der Waals surface area (Å²) in [6, 6.07) is 4.65. The van der Waals surface area contributed by atoms with Crippen LogP contribution in [-0.4, -0.2) is 45.0 Å². The Morgan fingerprint density at radius 2 is 2.03 bits per heavy atom. The van der Waals surface area contributed by atoms with Crippen LogP contribution in [0.2, 0.25) is 0 Å². The Kier molecular flexibility index (Phi) is 7.15. The van der Waals surface area contributed by atoms with Crippen LogP contribution in [0.4, 0.5) is 35.6 Å². The molecule has 3 aromatic rings. The Labute approximate surface area is 208 Å². The zero-order valence-electron chi connectivity index (χ0n) is 19.1. The largest absolute Gasteiger partial charge is 0.445 e. The summed E-state index contributed by atoms with van der Waals surface area (Å²) in [4.78, 5) is 28.2. The highest BCUT2D eigenvalue weighted by molar-refractivity contribution is 7.15. The van der Waals surface area contributed by atoms with E-state index in [0.717, 1.165) is 31.5 Å². The predicted molar refractivity (Wildman–Crippen MR) is 132 cm³/mol. The molecule has 10 nitrogen and oxygen atoms in total. The van der Waals surface area contributed by atoms with Crippen LogP contribution in [0, 0.1) is 6.92 Å². The minimum Gasteiger partial charge on any atom is -0.382 e. The Balaban J connectivity index is 1.61. The Bertz CT molecular complexity index is 1320. The summed E-state index contributed by atoms with van der Waals surface area (Å²) in [5, 5.41) is 10.3. The van der Waals surface area contributed by atoms with Crippen molar-refractivity contribution < 1.29 is 18.0 Å². The minimum absolute atomic E-state index is 0.0850. The molecule has 0 atom stereocenters. The van der Waals surface area contributed by atoms with Gasteiger partial charge in [-0.15, -0.1) is 10.2 Å². The zero-order valence-corrected chi connectivity index (χ0v) is 19.9. The van der Waals surface area contributed by atoms with Crippen molar-refractivity contribution in [1.82, 2.24) is 20.2 Å². The quantitative estimate of drug-likeness (QED) is 0.315. The maximum Gasteiger partial charge on any atom is 0.445 e. The van der Waals surface area contributed by atoms with Gasteiger partial charge in [0.2, 0.25) is 16.1 Å². The Morgan fingerprint density at radius 1 is 1.28 bits per heavy atom. The lowest BCUT2D eigenvalue weighted by molar-refractivity contribution is -0.138. The highest BCUT2D eigenvalue weighted by Crippen LogP contribution is 2.33. The molecule has 1 amide bonds. The number of aromatic nitrogens is 4. The van der Waals surface area contributed by atoms with Gasteiger partial charge in [0, 0.05) is 18.7 Å². The molecule has 1 aromatic carbocycles. The van der Waals surface area contributed by atoms with Crippen molar-refractivity contribution in [2.45, 2.75) is 25.9 Å². The van der Waals surface area contributed by atoms with E-state index in [1.807, 2.05) is 0 Å². The van der Waals surface area contributed by atoms with E-state index < -0.39 is 17.1 Å². The number of aryl methyl sites for hydroxylation is 1. The molecular formula is C22H22F3N9OS. The van der Waals surface area contributed by atoms with Gasteiger partial charge in [0.05, 0.1) is 17.6 Å². The number of anilines is 3. The van der Waals surface area contributed by atoms with Crippen molar-refractivity contribution in [3.05, 3.63) is 59.0 Å². The Morgan fingerprint density at radius 3 is 2.69 bits per heavy atom. The number of hydrogen-bond acceptors (Lipinski definition) is 9. The van der Waals surface area contributed by atoms with Crippen LogP contribution < -0.4 is 21.3 Å². The predicted octanol–water partition coefficient (Wildman–Crippen LogP) is 4.10. The standard InChI is InChI=1S/C22H22F3N9OS/c1-3-27-15-11-28-20(34-8-4-5-9-34)30-16(15)17(26)29-14-10-13(7-6-12(14)2)18(35)31-21-33-32-19(36-21)22(23,24)25/h3,6-7,10-11,27H,1,4-5,8-9H2,2H3,(H2,26,29)(H,31,33,35). The van der Waals surface area contributed by atoms with Gasteiger partial charge < -0.3 is 16.0 Å². The minimum atomic E-state index is -4.64. The van der Waals surface area contributed by atoms with Crippen LogP contribution in [0.15, 0.2) is 42.2 Å². The molecule has 1 aliphatic rings. The molecule has 36 heavy (non-hydrogen) atoms. The van der Waals surface area contributed by atoms with Crippen molar-refractivity contribution >= 4 is 45.5 Å². The van der Waals surface area contributed by atoms with E-state index in [9.17, 15) is 18.0 Å². The Hall–Kier alpha value is -4.07. The fourth-order valence-corrected chi connectivity index (χ4v) is 4.07. The highest BCUT2D eigenvalue weighted by Gasteiger charge is 2.35. The van der Waals surface area contributed by atoms with Gasteiger partial charge in [0.15, 0.2) is 5.84 Å². The summed E-state index contributed by atoms with van der Waals surface area (Å²) >= 11 is 0.236. The topological polar surface area (TPSA) is 134 Å². The number of carbonyl (C=O) groups is 1. The SMILES string of the molecule is C=CNc1cnc(N2CCCC2)nc1C(N)=Nc1cc(C(=O)Nc2nnc(C(F)(F)F)s2)ccc1C. The first-order valence-corrected chi connectivity index (χ1v) is 11.6. The van der Waals surface area contributed by atoms with E-state index in [2.05, 4.69) is 47.3 Å². The van der Waals surface area contributed by atoms with Crippen LogP contribution >= 0.6 is 11.3 Å². The number of aliphatic imine (C=N–C) groups is 1. The van der Waals surface area contributed by atoms with Crippen LogP contribution in [0.5, 0.6) is 0 Å². The molecule has 1 fully saturated rings. The number of amides is 1. The summed E-state index contributed by atoms with van der Waals surface area (Å²) in [5.41, 5.74) is 8.47. The lowest BCUT2D eigenvalue weighted by Crippen LogP contribution is -2.24. The molecule has 2 aromatic heterocycles. The number of nitrogens with zero attached hydrogens (tertiary/aromatic N) is 6. The van der Waals surface area contributed by atoms with Crippen molar-refractivity contribution in [2.75, 3.05) is 28.6 Å². The smallest absolute Gasteiger partial charge is 0.382 e. The molecule has 0 radical (unpaired) electrons. The van der Waals surface area contributed by atoms with Gasteiger partial charge in [-0.1, -0.05) is 24.0 Å². The molecule has 0 spiro atoms. The summed E-state index contributed by atoms with van der Waals surface area (Å²) in [6.45, 7) is 7.14. The number of amidine groups is 1. The molecular weight excluding hydrogens is 495 g/mol. The lowest BCUT2D eigenvalue weighted by atomic mass is 10.1. The van der Waals surface area contributed by atoms with Crippen LogP contribution in [0.3, 0.4) is 0 Å². The van der Waals surface area contributed by atoms with E-state index in [1.165, 1.54) is 18.3 Å². The molecule has 0 unspecified atom stereocenters. The number of halogens is 3. The number of benzene rings is 1. The molecule has 1 aliphatic heterocycles. The van der Waals surface area contributed by atoms with Crippen molar-refractivity contribution in [2.24, 2.45) is 10.7 Å². The van der Waals surface area contributed by atoms with Gasteiger partial charge >= 0.3 is 6.18 Å². The fraction of sp³-hybridized carbons (Fsp3) is 0.273. The van der Waals surface area contributed by atoms with Crippen molar-refractivity contribution in [3.63, 3.8) is 0 Å². The van der Waals surface area contributed by atoms with Crippen LogP contribution in [-0.2, 0) is 6.18 Å². The first-order chi connectivity index (χ1) is 17.2. The van der Waals surface area contributed by atoms with Crippen LogP contribution in [0.1, 0.15) is 39.5 Å². The first kappa shape index (κ1) is 25.0. The van der Waals surface area contributed by atoms with Crippen molar-refractivity contribution in [1.29, 1.82) is 0 Å². The fourth-order valence-electron chi connectivity index (χ4n) is 3.46. The first-order valence-electron chi connectivity index (χ1n) is 10.8. The van der Waals surface area contributed by atoms with Gasteiger partial charge in [0.25, 0.3) is 5.91 Å². The molecule has 3 heterocycles. The van der Waals surface area contributed by atoms with E-state index >= 15 is 0 Å².